The van der Waals surface area contributed by atoms with Gasteiger partial charge in [-0.3, -0.25) is 9.59 Å². The number of carbonyl (C=O) groups excluding carboxylic acids is 2. The highest BCUT2D eigenvalue weighted by Crippen LogP contribution is 2.47. The van der Waals surface area contributed by atoms with Gasteiger partial charge in [0.05, 0.1) is 40.1 Å². The van der Waals surface area contributed by atoms with Crippen molar-refractivity contribution < 1.29 is 23.8 Å². The Morgan fingerprint density at radius 1 is 1.24 bits per heavy atom. The van der Waals surface area contributed by atoms with Crippen LogP contribution in [0.4, 0.5) is 4.39 Å². The molecule has 1 aromatic carbocycles. The second-order valence-corrected chi connectivity index (χ2v) is 12.6. The highest BCUT2D eigenvalue weighted by molar-refractivity contribution is 6.32. The van der Waals surface area contributed by atoms with Crippen molar-refractivity contribution in [2.24, 2.45) is 17.8 Å². The molecule has 1 fully saturated rings. The van der Waals surface area contributed by atoms with Crippen molar-refractivity contribution in [1.82, 2.24) is 14.9 Å². The molecule has 7 rings (SSSR count). The van der Waals surface area contributed by atoms with E-state index >= 15 is 0 Å². The highest BCUT2D eigenvalue weighted by atomic mass is 35.5. The zero-order valence-corrected chi connectivity index (χ0v) is 23.9. The number of benzene rings is 1. The lowest BCUT2D eigenvalue weighted by atomic mass is 9.82. The van der Waals surface area contributed by atoms with Gasteiger partial charge in [0.25, 0.3) is 5.56 Å². The van der Waals surface area contributed by atoms with Gasteiger partial charge in [-0.15, -0.1) is 0 Å². The molecule has 10 heteroatoms. The van der Waals surface area contributed by atoms with Gasteiger partial charge in [0.1, 0.15) is 12.4 Å². The van der Waals surface area contributed by atoms with Gasteiger partial charge < -0.3 is 19.7 Å². The summed E-state index contributed by atoms with van der Waals surface area (Å²) < 4.78 is 21.8. The fraction of sp³-hybridized carbons (Fsp3) is 0.484. The summed E-state index contributed by atoms with van der Waals surface area (Å²) in [6.45, 7) is 5.75. The normalized spacial score (nSPS) is 23.2. The van der Waals surface area contributed by atoms with Crippen LogP contribution in [0.1, 0.15) is 80.3 Å². The summed E-state index contributed by atoms with van der Waals surface area (Å²) in [6.07, 6.45) is 3.14. The lowest BCUT2D eigenvalue weighted by molar-refractivity contribution is -0.172. The number of halogens is 2. The van der Waals surface area contributed by atoms with E-state index in [1.807, 2.05) is 0 Å². The number of esters is 1. The zero-order chi connectivity index (χ0) is 29.0. The van der Waals surface area contributed by atoms with Crippen molar-refractivity contribution in [2.45, 2.75) is 77.7 Å². The molecule has 1 amide bonds. The lowest BCUT2D eigenvalue weighted by Crippen LogP contribution is -2.44. The van der Waals surface area contributed by atoms with Crippen LogP contribution in [0.15, 0.2) is 16.9 Å². The van der Waals surface area contributed by atoms with Crippen LogP contribution in [0.5, 0.6) is 0 Å². The largest absolute Gasteiger partial charge is 0.458 e. The summed E-state index contributed by atoms with van der Waals surface area (Å²) in [6, 6.07) is 2.58. The summed E-state index contributed by atoms with van der Waals surface area (Å²) in [5.41, 5.74) is 1.64. The molecule has 0 radical (unpaired) electrons. The van der Waals surface area contributed by atoms with E-state index in [4.69, 9.17) is 21.3 Å². The first-order chi connectivity index (χ1) is 19.5. The smallest absolute Gasteiger partial charge is 0.343 e. The molecule has 3 atom stereocenters. The van der Waals surface area contributed by atoms with E-state index in [0.29, 0.717) is 46.6 Å². The summed E-state index contributed by atoms with van der Waals surface area (Å²) in [4.78, 5) is 44.8. The number of fused-ring (bicyclic) bond motifs is 5. The average molecular weight is 580 g/mol. The molecule has 41 heavy (non-hydrogen) atoms. The fourth-order valence-electron chi connectivity index (χ4n) is 7.28. The third-order valence-electron chi connectivity index (χ3n) is 9.51. The van der Waals surface area contributed by atoms with Crippen molar-refractivity contribution in [3.8, 4) is 11.4 Å². The average Bonchev–Trinajstić information content (AvgIpc) is 3.69. The van der Waals surface area contributed by atoms with Crippen molar-refractivity contribution >= 4 is 34.4 Å². The van der Waals surface area contributed by atoms with Crippen LogP contribution in [-0.4, -0.2) is 26.5 Å². The third kappa shape index (κ3) is 3.74. The number of hydrogen-bond acceptors (Lipinski definition) is 6. The zero-order valence-electron chi connectivity index (χ0n) is 23.1. The molecular formula is C31H31ClFN3O5. The molecule has 0 spiro atoms. The Morgan fingerprint density at radius 2 is 2.00 bits per heavy atom. The molecule has 1 saturated carbocycles. The van der Waals surface area contributed by atoms with Crippen LogP contribution in [-0.2, 0) is 39.5 Å². The second kappa shape index (κ2) is 9.10. The molecule has 0 bridgehead atoms. The van der Waals surface area contributed by atoms with Crippen molar-refractivity contribution in [3.05, 3.63) is 61.1 Å². The minimum absolute atomic E-state index is 0.00897. The topological polar surface area (TPSA) is 111 Å². The number of aryl methyl sites for hydroxylation is 1. The van der Waals surface area contributed by atoms with Gasteiger partial charge in [-0.1, -0.05) is 32.4 Å². The number of amides is 1. The summed E-state index contributed by atoms with van der Waals surface area (Å²) in [7, 11) is 0. The number of aromatic nitrogens is 2. The first-order valence-electron chi connectivity index (χ1n) is 14.4. The van der Waals surface area contributed by atoms with Crippen LogP contribution in [0, 0.1) is 23.6 Å². The molecule has 4 aliphatic rings. The Balaban J connectivity index is 1.44. The van der Waals surface area contributed by atoms with Crippen LogP contribution in [0.25, 0.3) is 22.3 Å². The number of aliphatic hydroxyl groups is 1. The predicted molar refractivity (Wildman–Crippen MR) is 150 cm³/mol. The fourth-order valence-corrected chi connectivity index (χ4v) is 7.53. The predicted octanol–water partition coefficient (Wildman–Crippen LogP) is 4.66. The number of rotatable bonds is 5. The van der Waals surface area contributed by atoms with Gasteiger partial charge in [-0.05, 0) is 61.1 Å². The number of nitrogens with zero attached hydrogens (tertiary/aromatic N) is 2. The number of cyclic esters (lactones) is 1. The molecule has 2 N–H and O–H groups in total. The Morgan fingerprint density at radius 3 is 2.68 bits per heavy atom. The van der Waals surface area contributed by atoms with E-state index in [1.54, 1.807) is 17.6 Å². The molecule has 2 aliphatic carbocycles. The number of nitrogens with one attached hydrogen (secondary N) is 1. The van der Waals surface area contributed by atoms with Gasteiger partial charge in [-0.25, -0.2) is 14.2 Å². The first-order valence-corrected chi connectivity index (χ1v) is 14.7. The second-order valence-electron chi connectivity index (χ2n) is 12.2. The van der Waals surface area contributed by atoms with Crippen LogP contribution >= 0.6 is 11.6 Å². The van der Waals surface area contributed by atoms with Crippen LogP contribution < -0.4 is 10.9 Å². The maximum Gasteiger partial charge on any atom is 0.343 e. The SMILES string of the molecule is CC[C@@]1(O)C(=O)OCc2c1cc1n(c2=O)Cc2c-1nc1cc(F)c(Cl)c3c1c2[C@@H](NC(=O)C(C(C)C)C1CC1)CC3. The molecule has 4 heterocycles. The quantitative estimate of drug-likeness (QED) is 0.333. The van der Waals surface area contributed by atoms with Crippen molar-refractivity contribution in [2.75, 3.05) is 0 Å². The van der Waals surface area contributed by atoms with Crippen molar-refractivity contribution in [1.29, 1.82) is 0 Å². The molecule has 8 nitrogen and oxygen atoms in total. The highest BCUT2D eigenvalue weighted by Gasteiger charge is 2.46. The number of ether oxygens (including phenoxy) is 1. The molecule has 2 aliphatic heterocycles. The summed E-state index contributed by atoms with van der Waals surface area (Å²) in [5.74, 6) is -0.872. The van der Waals surface area contributed by atoms with E-state index < -0.39 is 17.4 Å². The van der Waals surface area contributed by atoms with E-state index in [1.165, 1.54) is 6.07 Å². The molecule has 2 aromatic heterocycles. The number of carbonyl (C=O) groups is 2. The van der Waals surface area contributed by atoms with E-state index in [9.17, 15) is 23.9 Å². The van der Waals surface area contributed by atoms with Gasteiger partial charge in [0, 0.05) is 28.5 Å². The van der Waals surface area contributed by atoms with Crippen molar-refractivity contribution in [3.63, 3.8) is 0 Å². The summed E-state index contributed by atoms with van der Waals surface area (Å²) in [5, 5.41) is 15.3. The van der Waals surface area contributed by atoms with Crippen LogP contribution in [0.2, 0.25) is 5.02 Å². The molecule has 0 saturated heterocycles. The number of hydrogen-bond donors (Lipinski definition) is 2. The minimum Gasteiger partial charge on any atom is -0.458 e. The van der Waals surface area contributed by atoms with E-state index in [0.717, 1.165) is 24.0 Å². The van der Waals surface area contributed by atoms with Gasteiger partial charge >= 0.3 is 5.97 Å². The Hall–Kier alpha value is -3.30. The Labute approximate surface area is 240 Å². The third-order valence-corrected chi connectivity index (χ3v) is 9.92. The maximum atomic E-state index is 15.0. The standard InChI is InChI=1S/C31H31ClFN3O5/c1-4-31(40)18-9-22-27-16(11-36(22)29(38)17(18)12-41-30(31)39)25-20(35-28(37)23(13(2)3)14-5-6-14)8-7-15-24(25)21(34-27)10-19(33)26(15)32/h9-10,13-14,20,23,40H,4-8,11-12H2,1-3H3,(H,35,37)/t20-,23?,31-/m0/s1. The molecular weight excluding hydrogens is 549 g/mol. The molecule has 3 aromatic rings. The van der Waals surface area contributed by atoms with Gasteiger partial charge in [0.15, 0.2) is 5.60 Å². The summed E-state index contributed by atoms with van der Waals surface area (Å²) >= 11 is 6.47. The maximum absolute atomic E-state index is 15.0. The first kappa shape index (κ1) is 26.6. The molecule has 214 valence electrons. The lowest BCUT2D eigenvalue weighted by Gasteiger charge is -2.31. The van der Waals surface area contributed by atoms with Gasteiger partial charge in [0.2, 0.25) is 5.91 Å². The Bertz CT molecular complexity index is 1740. The van der Waals surface area contributed by atoms with Crippen LogP contribution in [0.3, 0.4) is 0 Å². The molecule has 1 unspecified atom stereocenters. The minimum atomic E-state index is -1.95. The Kier molecular flexibility index (Phi) is 5.90. The van der Waals surface area contributed by atoms with E-state index in [-0.39, 0.29) is 65.1 Å². The van der Waals surface area contributed by atoms with E-state index in [2.05, 4.69) is 19.2 Å². The monoisotopic (exact) mass is 579 g/mol. The van der Waals surface area contributed by atoms with Gasteiger partial charge in [-0.2, -0.15) is 0 Å². The number of pyridine rings is 2.